The standard InChI is InChI=1S/C9H13NS.C2H6/c1-2-9(11)6-8-4-3-5-10-7-8;1-2/h3-5,7,9,11H,2,6H2,1H3;1-2H3. The van der Waals surface area contributed by atoms with Crippen LogP contribution in [-0.4, -0.2) is 10.2 Å². The molecule has 0 aliphatic rings. The SMILES string of the molecule is CC.CCC(S)Cc1cccnc1. The fourth-order valence-corrected chi connectivity index (χ4v) is 1.15. The van der Waals surface area contributed by atoms with E-state index in [0.717, 1.165) is 12.8 Å². The summed E-state index contributed by atoms with van der Waals surface area (Å²) in [5.74, 6) is 0. The van der Waals surface area contributed by atoms with E-state index in [1.807, 2.05) is 26.1 Å². The van der Waals surface area contributed by atoms with Crippen LogP contribution in [0.1, 0.15) is 32.8 Å². The Morgan fingerprint density at radius 1 is 1.46 bits per heavy atom. The zero-order valence-electron chi connectivity index (χ0n) is 8.70. The van der Waals surface area contributed by atoms with E-state index in [0.29, 0.717) is 5.25 Å². The van der Waals surface area contributed by atoms with Gasteiger partial charge in [0.05, 0.1) is 0 Å². The first-order valence-corrected chi connectivity index (χ1v) is 5.41. The molecule has 2 heteroatoms. The number of aromatic nitrogens is 1. The van der Waals surface area contributed by atoms with Gasteiger partial charge in [0.2, 0.25) is 0 Å². The average molecular weight is 197 g/mol. The molecule has 0 aromatic carbocycles. The Bertz CT molecular complexity index is 199. The van der Waals surface area contributed by atoms with Crippen LogP contribution in [0.2, 0.25) is 0 Å². The molecule has 0 spiro atoms. The highest BCUT2D eigenvalue weighted by Crippen LogP contribution is 2.08. The maximum absolute atomic E-state index is 4.41. The lowest BCUT2D eigenvalue weighted by Gasteiger charge is -2.05. The Balaban J connectivity index is 0.000000671. The normalized spacial score (nSPS) is 11.4. The summed E-state index contributed by atoms with van der Waals surface area (Å²) in [4.78, 5) is 4.04. The van der Waals surface area contributed by atoms with Crippen LogP contribution in [0.25, 0.3) is 0 Å². The number of hydrogen-bond acceptors (Lipinski definition) is 2. The molecule has 1 aromatic heterocycles. The van der Waals surface area contributed by atoms with E-state index in [4.69, 9.17) is 0 Å². The molecule has 1 heterocycles. The third kappa shape index (κ3) is 5.69. The highest BCUT2D eigenvalue weighted by molar-refractivity contribution is 7.80. The van der Waals surface area contributed by atoms with Crippen LogP contribution in [0.3, 0.4) is 0 Å². The highest BCUT2D eigenvalue weighted by Gasteiger charge is 2.00. The first-order valence-electron chi connectivity index (χ1n) is 4.90. The van der Waals surface area contributed by atoms with E-state index in [9.17, 15) is 0 Å². The van der Waals surface area contributed by atoms with E-state index < -0.39 is 0 Å². The molecule has 0 saturated heterocycles. The number of hydrogen-bond donors (Lipinski definition) is 1. The second-order valence-corrected chi connectivity index (χ2v) is 3.36. The molecule has 0 bridgehead atoms. The van der Waals surface area contributed by atoms with Crippen LogP contribution in [0, 0.1) is 0 Å². The van der Waals surface area contributed by atoms with Crippen molar-refractivity contribution in [1.82, 2.24) is 4.98 Å². The number of pyridine rings is 1. The summed E-state index contributed by atoms with van der Waals surface area (Å²) in [6.07, 6.45) is 5.83. The van der Waals surface area contributed by atoms with Gasteiger partial charge in [0.25, 0.3) is 0 Å². The summed E-state index contributed by atoms with van der Waals surface area (Å²) in [7, 11) is 0. The predicted octanol–water partition coefficient (Wildman–Crippen LogP) is 3.36. The molecule has 1 nitrogen and oxygen atoms in total. The first-order chi connectivity index (χ1) is 6.33. The van der Waals surface area contributed by atoms with Crippen molar-refractivity contribution >= 4 is 12.6 Å². The van der Waals surface area contributed by atoms with Crippen molar-refractivity contribution in [1.29, 1.82) is 0 Å². The molecule has 1 atom stereocenters. The Labute approximate surface area is 87.0 Å². The molecule has 0 aliphatic carbocycles. The molecule has 0 amide bonds. The van der Waals surface area contributed by atoms with E-state index >= 15 is 0 Å². The second kappa shape index (κ2) is 8.11. The van der Waals surface area contributed by atoms with E-state index in [2.05, 4.69) is 30.6 Å². The minimum atomic E-state index is 0.471. The molecule has 1 aromatic rings. The number of thiol groups is 1. The van der Waals surface area contributed by atoms with E-state index in [1.54, 1.807) is 6.20 Å². The van der Waals surface area contributed by atoms with Gasteiger partial charge in [-0.15, -0.1) is 0 Å². The smallest absolute Gasteiger partial charge is 0.0300 e. The zero-order chi connectivity index (χ0) is 10.1. The first kappa shape index (κ1) is 12.5. The largest absolute Gasteiger partial charge is 0.264 e. The van der Waals surface area contributed by atoms with Crippen molar-refractivity contribution in [2.24, 2.45) is 0 Å². The number of nitrogens with zero attached hydrogens (tertiary/aromatic N) is 1. The Morgan fingerprint density at radius 2 is 2.15 bits per heavy atom. The Kier molecular flexibility index (Phi) is 7.80. The molecule has 13 heavy (non-hydrogen) atoms. The van der Waals surface area contributed by atoms with Crippen molar-refractivity contribution < 1.29 is 0 Å². The fourth-order valence-electron chi connectivity index (χ4n) is 0.935. The molecule has 0 radical (unpaired) electrons. The Morgan fingerprint density at radius 3 is 2.62 bits per heavy atom. The highest BCUT2D eigenvalue weighted by atomic mass is 32.1. The van der Waals surface area contributed by atoms with Gasteiger partial charge in [-0.05, 0) is 24.5 Å². The van der Waals surface area contributed by atoms with Gasteiger partial charge in [-0.25, -0.2) is 0 Å². The van der Waals surface area contributed by atoms with Gasteiger partial charge in [-0.1, -0.05) is 26.8 Å². The summed E-state index contributed by atoms with van der Waals surface area (Å²) < 4.78 is 0. The maximum Gasteiger partial charge on any atom is 0.0300 e. The van der Waals surface area contributed by atoms with Crippen LogP contribution in [0.15, 0.2) is 24.5 Å². The lowest BCUT2D eigenvalue weighted by atomic mass is 10.1. The van der Waals surface area contributed by atoms with Gasteiger partial charge in [-0.3, -0.25) is 4.98 Å². The average Bonchev–Trinajstić information content (AvgIpc) is 2.22. The number of rotatable bonds is 3. The van der Waals surface area contributed by atoms with Gasteiger partial charge < -0.3 is 0 Å². The molecule has 0 fully saturated rings. The van der Waals surface area contributed by atoms with E-state index in [1.165, 1.54) is 5.56 Å². The van der Waals surface area contributed by atoms with Crippen LogP contribution in [0.4, 0.5) is 0 Å². The Hall–Kier alpha value is -0.500. The van der Waals surface area contributed by atoms with Crippen LogP contribution in [0.5, 0.6) is 0 Å². The lowest BCUT2D eigenvalue weighted by molar-refractivity contribution is 0.818. The minimum Gasteiger partial charge on any atom is -0.264 e. The van der Waals surface area contributed by atoms with Crippen LogP contribution < -0.4 is 0 Å². The van der Waals surface area contributed by atoms with Gasteiger partial charge in [-0.2, -0.15) is 12.6 Å². The zero-order valence-corrected chi connectivity index (χ0v) is 9.59. The topological polar surface area (TPSA) is 12.9 Å². The summed E-state index contributed by atoms with van der Waals surface area (Å²) in [5, 5.41) is 0.471. The summed E-state index contributed by atoms with van der Waals surface area (Å²) in [6, 6.07) is 4.05. The molecule has 1 rings (SSSR count). The monoisotopic (exact) mass is 197 g/mol. The third-order valence-corrected chi connectivity index (χ3v) is 2.21. The van der Waals surface area contributed by atoms with Crippen LogP contribution >= 0.6 is 12.6 Å². The molecular weight excluding hydrogens is 178 g/mol. The van der Waals surface area contributed by atoms with Crippen molar-refractivity contribution in [3.63, 3.8) is 0 Å². The van der Waals surface area contributed by atoms with Gasteiger partial charge in [0.15, 0.2) is 0 Å². The minimum absolute atomic E-state index is 0.471. The summed E-state index contributed by atoms with van der Waals surface area (Å²) in [5.41, 5.74) is 1.27. The van der Waals surface area contributed by atoms with Crippen molar-refractivity contribution in [2.45, 2.75) is 38.9 Å². The van der Waals surface area contributed by atoms with Gasteiger partial charge in [0.1, 0.15) is 0 Å². The van der Waals surface area contributed by atoms with Crippen molar-refractivity contribution in [3.05, 3.63) is 30.1 Å². The predicted molar refractivity (Wildman–Crippen MR) is 62.4 cm³/mol. The van der Waals surface area contributed by atoms with Crippen LogP contribution in [-0.2, 0) is 6.42 Å². The van der Waals surface area contributed by atoms with Gasteiger partial charge in [0, 0.05) is 17.6 Å². The van der Waals surface area contributed by atoms with Gasteiger partial charge >= 0.3 is 0 Å². The molecule has 1 unspecified atom stereocenters. The second-order valence-electron chi connectivity index (χ2n) is 2.63. The quantitative estimate of drug-likeness (QED) is 0.733. The molecule has 0 saturated carbocycles. The van der Waals surface area contributed by atoms with Crippen molar-refractivity contribution in [3.8, 4) is 0 Å². The molecule has 74 valence electrons. The molecule has 0 N–H and O–H groups in total. The lowest BCUT2D eigenvalue weighted by Crippen LogP contribution is -2.01. The van der Waals surface area contributed by atoms with E-state index in [-0.39, 0.29) is 0 Å². The maximum atomic E-state index is 4.41. The van der Waals surface area contributed by atoms with Crippen molar-refractivity contribution in [2.75, 3.05) is 0 Å². The third-order valence-electron chi connectivity index (χ3n) is 1.67. The fraction of sp³-hybridized carbons (Fsp3) is 0.545. The molecular formula is C11H19NS. The summed E-state index contributed by atoms with van der Waals surface area (Å²) >= 11 is 4.41. The molecule has 0 aliphatic heterocycles. The summed E-state index contributed by atoms with van der Waals surface area (Å²) in [6.45, 7) is 6.15.